The van der Waals surface area contributed by atoms with Crippen molar-refractivity contribution in [2.45, 2.75) is 25.3 Å². The van der Waals surface area contributed by atoms with Crippen molar-refractivity contribution in [2.24, 2.45) is 11.8 Å². The zero-order valence-electron chi connectivity index (χ0n) is 12.8. The third-order valence-electron chi connectivity index (χ3n) is 4.95. The first-order chi connectivity index (χ1) is 10.5. The van der Waals surface area contributed by atoms with Crippen molar-refractivity contribution in [2.75, 3.05) is 20.6 Å². The molecule has 0 bridgehead atoms. The number of aromatic nitrogens is 2. The Kier molecular flexibility index (Phi) is 3.72. The molecule has 2 aliphatic rings. The molecule has 1 N–H and O–H groups in total. The summed E-state index contributed by atoms with van der Waals surface area (Å²) in [7, 11) is 3.60. The van der Waals surface area contributed by atoms with Gasteiger partial charge in [0.25, 0.3) is 11.5 Å². The first-order valence-electron chi connectivity index (χ1n) is 7.51. The Morgan fingerprint density at radius 3 is 2.77 bits per heavy atom. The second-order valence-electron chi connectivity index (χ2n) is 6.34. The van der Waals surface area contributed by atoms with E-state index in [0.717, 1.165) is 25.6 Å². The van der Waals surface area contributed by atoms with Crippen molar-refractivity contribution in [3.8, 4) is 0 Å². The highest BCUT2D eigenvalue weighted by Gasteiger charge is 2.42. The number of fused-ring (bicyclic) bond motifs is 1. The molecule has 2 heterocycles. The Hall–Kier alpha value is -2.18. The Labute approximate surface area is 128 Å². The Balaban J connectivity index is 1.70. The first-order valence-corrected chi connectivity index (χ1v) is 7.51. The third kappa shape index (κ3) is 2.63. The highest BCUT2D eigenvalue weighted by Crippen LogP contribution is 2.40. The number of piperidine rings is 1. The van der Waals surface area contributed by atoms with Gasteiger partial charge in [-0.2, -0.15) is 0 Å². The molecule has 2 fully saturated rings. The zero-order chi connectivity index (χ0) is 15.9. The van der Waals surface area contributed by atoms with Crippen LogP contribution in [0.25, 0.3) is 0 Å². The van der Waals surface area contributed by atoms with Crippen molar-refractivity contribution in [1.82, 2.24) is 19.8 Å². The standard InChI is InChI=1S/C15H20N4O3/c1-18-8-10-4-11(3-9(10)5-14(18)21)19(2)15(22)12-6-17-13(20)7-16-12/h6-7,9-11H,3-5,8H2,1-2H3,(H,17,20)/t9-,10+,11-/m0/s1. The summed E-state index contributed by atoms with van der Waals surface area (Å²) >= 11 is 0. The van der Waals surface area contributed by atoms with Crippen LogP contribution in [0.15, 0.2) is 17.2 Å². The molecule has 118 valence electrons. The number of nitrogens with one attached hydrogen (secondary N) is 1. The number of carbonyl (C=O) groups excluding carboxylic acids is 2. The van der Waals surface area contributed by atoms with Gasteiger partial charge in [-0.15, -0.1) is 0 Å². The van der Waals surface area contributed by atoms with E-state index in [2.05, 4.69) is 9.97 Å². The van der Waals surface area contributed by atoms with Crippen LogP contribution in [0.5, 0.6) is 0 Å². The first kappa shape index (κ1) is 14.7. The van der Waals surface area contributed by atoms with Crippen molar-refractivity contribution in [3.63, 3.8) is 0 Å². The summed E-state index contributed by atoms with van der Waals surface area (Å²) in [5.41, 5.74) is -0.0854. The molecule has 3 atom stereocenters. The molecule has 1 aromatic heterocycles. The van der Waals surface area contributed by atoms with Gasteiger partial charge in [-0.25, -0.2) is 4.98 Å². The molecule has 3 rings (SSSR count). The lowest BCUT2D eigenvalue weighted by Crippen LogP contribution is -2.40. The molecule has 1 aliphatic carbocycles. The van der Waals surface area contributed by atoms with E-state index in [1.807, 2.05) is 7.05 Å². The molecule has 1 saturated heterocycles. The molecular weight excluding hydrogens is 284 g/mol. The minimum absolute atomic E-state index is 0.121. The average molecular weight is 304 g/mol. The molecule has 1 saturated carbocycles. The van der Waals surface area contributed by atoms with E-state index in [9.17, 15) is 14.4 Å². The fourth-order valence-corrected chi connectivity index (χ4v) is 3.61. The van der Waals surface area contributed by atoms with Crippen LogP contribution in [0, 0.1) is 11.8 Å². The molecule has 2 amide bonds. The predicted octanol–water partition coefficient (Wildman–Crippen LogP) is 0.0988. The minimum Gasteiger partial charge on any atom is -0.345 e. The number of carbonyl (C=O) groups is 2. The van der Waals surface area contributed by atoms with E-state index in [0.29, 0.717) is 18.3 Å². The fourth-order valence-electron chi connectivity index (χ4n) is 3.61. The van der Waals surface area contributed by atoms with Crippen molar-refractivity contribution < 1.29 is 9.59 Å². The van der Waals surface area contributed by atoms with Crippen LogP contribution < -0.4 is 5.56 Å². The van der Waals surface area contributed by atoms with E-state index in [1.54, 1.807) is 16.8 Å². The lowest BCUT2D eigenvalue weighted by Gasteiger charge is -2.31. The summed E-state index contributed by atoms with van der Waals surface area (Å²) in [4.78, 5) is 45.1. The fraction of sp³-hybridized carbons (Fsp3) is 0.600. The summed E-state index contributed by atoms with van der Waals surface area (Å²) in [6.07, 6.45) is 4.81. The lowest BCUT2D eigenvalue weighted by molar-refractivity contribution is -0.134. The monoisotopic (exact) mass is 304 g/mol. The van der Waals surface area contributed by atoms with E-state index in [4.69, 9.17) is 0 Å². The number of hydrogen-bond acceptors (Lipinski definition) is 4. The molecule has 0 radical (unpaired) electrons. The highest BCUT2D eigenvalue weighted by atomic mass is 16.2. The molecule has 22 heavy (non-hydrogen) atoms. The second kappa shape index (κ2) is 5.55. The van der Waals surface area contributed by atoms with Crippen LogP contribution in [-0.4, -0.2) is 58.3 Å². The number of hydrogen-bond donors (Lipinski definition) is 1. The summed E-state index contributed by atoms with van der Waals surface area (Å²) in [6.45, 7) is 0.777. The van der Waals surface area contributed by atoms with Gasteiger partial charge in [-0.1, -0.05) is 0 Å². The van der Waals surface area contributed by atoms with E-state index >= 15 is 0 Å². The normalized spacial score (nSPS) is 27.6. The van der Waals surface area contributed by atoms with E-state index < -0.39 is 0 Å². The van der Waals surface area contributed by atoms with Gasteiger partial charge in [-0.05, 0) is 24.7 Å². The summed E-state index contributed by atoms with van der Waals surface area (Å²) in [6, 6.07) is 0.121. The maximum atomic E-state index is 12.4. The maximum absolute atomic E-state index is 12.4. The average Bonchev–Trinajstić information content (AvgIpc) is 2.90. The molecule has 0 unspecified atom stereocenters. The Bertz CT molecular complexity index is 636. The van der Waals surface area contributed by atoms with Crippen molar-refractivity contribution in [1.29, 1.82) is 0 Å². The highest BCUT2D eigenvalue weighted by molar-refractivity contribution is 5.92. The summed E-state index contributed by atoms with van der Waals surface area (Å²) in [5.74, 6) is 0.830. The SMILES string of the molecule is CN1C[C@H]2C[C@@H](N(C)C(=O)c3c[nH]c(=O)cn3)C[C@H]2CC1=O. The van der Waals surface area contributed by atoms with Crippen LogP contribution >= 0.6 is 0 Å². The van der Waals surface area contributed by atoms with Crippen LogP contribution in [0.4, 0.5) is 0 Å². The molecule has 1 aromatic rings. The van der Waals surface area contributed by atoms with E-state index in [-0.39, 0.29) is 29.1 Å². The summed E-state index contributed by atoms with van der Waals surface area (Å²) in [5, 5.41) is 0. The summed E-state index contributed by atoms with van der Waals surface area (Å²) < 4.78 is 0. The van der Waals surface area contributed by atoms with Gasteiger partial charge in [-0.3, -0.25) is 14.4 Å². The predicted molar refractivity (Wildman–Crippen MR) is 79.2 cm³/mol. The lowest BCUT2D eigenvalue weighted by atomic mass is 9.88. The van der Waals surface area contributed by atoms with E-state index in [1.165, 1.54) is 6.20 Å². The molecule has 1 aliphatic heterocycles. The van der Waals surface area contributed by atoms with Crippen LogP contribution in [0.3, 0.4) is 0 Å². The Morgan fingerprint density at radius 2 is 2.09 bits per heavy atom. The number of amides is 2. The molecule has 7 nitrogen and oxygen atoms in total. The smallest absolute Gasteiger partial charge is 0.273 e. The number of nitrogens with zero attached hydrogens (tertiary/aromatic N) is 3. The largest absolute Gasteiger partial charge is 0.345 e. The minimum atomic E-state index is -0.326. The van der Waals surface area contributed by atoms with Gasteiger partial charge in [0.15, 0.2) is 0 Å². The van der Waals surface area contributed by atoms with Crippen molar-refractivity contribution in [3.05, 3.63) is 28.4 Å². The second-order valence-corrected chi connectivity index (χ2v) is 6.34. The molecule has 0 aromatic carbocycles. The molecule has 0 spiro atoms. The third-order valence-corrected chi connectivity index (χ3v) is 4.95. The molecular formula is C15H20N4O3. The number of H-pyrrole nitrogens is 1. The number of rotatable bonds is 2. The number of aromatic amines is 1. The topological polar surface area (TPSA) is 86.4 Å². The maximum Gasteiger partial charge on any atom is 0.273 e. The van der Waals surface area contributed by atoms with Gasteiger partial charge < -0.3 is 14.8 Å². The quantitative estimate of drug-likeness (QED) is 0.839. The van der Waals surface area contributed by atoms with Gasteiger partial charge in [0.05, 0.1) is 6.20 Å². The Morgan fingerprint density at radius 1 is 1.36 bits per heavy atom. The van der Waals surface area contributed by atoms with Gasteiger partial charge in [0.1, 0.15) is 5.69 Å². The van der Waals surface area contributed by atoms with Crippen molar-refractivity contribution >= 4 is 11.8 Å². The number of likely N-dealkylation sites (tertiary alicyclic amines) is 1. The van der Waals surface area contributed by atoms with Crippen LogP contribution in [0.1, 0.15) is 29.8 Å². The van der Waals surface area contributed by atoms with Gasteiger partial charge >= 0.3 is 0 Å². The molecule has 7 heteroatoms. The zero-order valence-corrected chi connectivity index (χ0v) is 12.8. The van der Waals surface area contributed by atoms with Gasteiger partial charge in [0.2, 0.25) is 5.91 Å². The van der Waals surface area contributed by atoms with Gasteiger partial charge in [0, 0.05) is 39.3 Å². The van der Waals surface area contributed by atoms with Crippen LogP contribution in [-0.2, 0) is 4.79 Å². The van der Waals surface area contributed by atoms with Crippen LogP contribution in [0.2, 0.25) is 0 Å².